The number of rotatable bonds is 4. The summed E-state index contributed by atoms with van der Waals surface area (Å²) < 4.78 is 0. The smallest absolute Gasteiger partial charge is 0.217 e. The highest BCUT2D eigenvalue weighted by atomic mass is 16.6. The Hall–Kier alpha value is -1.97. The van der Waals surface area contributed by atoms with Gasteiger partial charge in [0.1, 0.15) is 5.71 Å². The first-order chi connectivity index (χ1) is 7.65. The first kappa shape index (κ1) is 12.1. The van der Waals surface area contributed by atoms with Crippen LogP contribution in [0, 0.1) is 5.41 Å². The van der Waals surface area contributed by atoms with Crippen molar-refractivity contribution < 1.29 is 9.63 Å². The zero-order valence-corrected chi connectivity index (χ0v) is 9.36. The standard InChI is InChI=1S/C12H14N2O2/c1-3-11(13)16-14-9(2)12(15)10-7-5-4-6-8-10/h4-8,13H,3H2,1-2H3/b13-11?,14-9+. The van der Waals surface area contributed by atoms with Crippen LogP contribution in [0.15, 0.2) is 35.5 Å². The number of nitrogens with one attached hydrogen (secondary N) is 1. The van der Waals surface area contributed by atoms with Gasteiger partial charge < -0.3 is 4.84 Å². The minimum atomic E-state index is -0.190. The van der Waals surface area contributed by atoms with Crippen molar-refractivity contribution in [1.29, 1.82) is 5.41 Å². The summed E-state index contributed by atoms with van der Waals surface area (Å²) in [5.41, 5.74) is 0.805. The molecule has 16 heavy (non-hydrogen) atoms. The molecule has 0 heterocycles. The molecule has 0 spiro atoms. The van der Waals surface area contributed by atoms with Gasteiger partial charge in [0.05, 0.1) is 0 Å². The molecule has 0 radical (unpaired) electrons. The molecule has 0 unspecified atom stereocenters. The molecule has 4 nitrogen and oxygen atoms in total. The van der Waals surface area contributed by atoms with Crippen molar-refractivity contribution in [2.24, 2.45) is 5.16 Å². The molecule has 0 saturated carbocycles. The highest BCUT2D eigenvalue weighted by Gasteiger charge is 2.09. The molecule has 1 aromatic rings. The summed E-state index contributed by atoms with van der Waals surface area (Å²) in [4.78, 5) is 16.5. The fraction of sp³-hybridized carbons (Fsp3) is 0.250. The van der Waals surface area contributed by atoms with Crippen molar-refractivity contribution in [3.05, 3.63) is 35.9 Å². The Morgan fingerprint density at radius 1 is 1.38 bits per heavy atom. The Bertz CT molecular complexity index is 410. The number of nitrogens with zero attached hydrogens (tertiary/aromatic N) is 1. The van der Waals surface area contributed by atoms with Gasteiger partial charge in [-0.15, -0.1) is 0 Å². The Morgan fingerprint density at radius 3 is 2.56 bits per heavy atom. The van der Waals surface area contributed by atoms with Gasteiger partial charge in [0.2, 0.25) is 11.7 Å². The molecule has 0 aromatic heterocycles. The van der Waals surface area contributed by atoms with Crippen LogP contribution >= 0.6 is 0 Å². The van der Waals surface area contributed by atoms with Crippen molar-refractivity contribution in [3.63, 3.8) is 0 Å². The predicted octanol–water partition coefficient (Wildman–Crippen LogP) is 2.65. The van der Waals surface area contributed by atoms with Gasteiger partial charge >= 0.3 is 0 Å². The lowest BCUT2D eigenvalue weighted by atomic mass is 10.1. The Labute approximate surface area is 94.4 Å². The second-order valence-corrected chi connectivity index (χ2v) is 3.24. The van der Waals surface area contributed by atoms with Gasteiger partial charge in [0, 0.05) is 12.0 Å². The van der Waals surface area contributed by atoms with E-state index in [-0.39, 0.29) is 17.4 Å². The fourth-order valence-electron chi connectivity index (χ4n) is 1.03. The largest absolute Gasteiger partial charge is 0.342 e. The van der Waals surface area contributed by atoms with Crippen LogP contribution in [0.4, 0.5) is 0 Å². The maximum atomic E-state index is 11.8. The molecule has 0 aliphatic carbocycles. The molecule has 0 atom stereocenters. The first-order valence-electron chi connectivity index (χ1n) is 5.04. The molecule has 0 aliphatic heterocycles. The van der Waals surface area contributed by atoms with E-state index in [2.05, 4.69) is 5.16 Å². The lowest BCUT2D eigenvalue weighted by Crippen LogP contribution is -2.11. The Balaban J connectivity index is 2.71. The van der Waals surface area contributed by atoms with Crippen LogP contribution in [0.1, 0.15) is 30.6 Å². The van der Waals surface area contributed by atoms with Crippen molar-refractivity contribution >= 4 is 17.4 Å². The zero-order chi connectivity index (χ0) is 12.0. The van der Waals surface area contributed by atoms with E-state index >= 15 is 0 Å². The average Bonchev–Trinajstić information content (AvgIpc) is 2.35. The minimum absolute atomic E-state index is 0.0419. The number of oxime groups is 1. The molecule has 1 N–H and O–H groups in total. The summed E-state index contributed by atoms with van der Waals surface area (Å²) in [7, 11) is 0. The van der Waals surface area contributed by atoms with Crippen LogP contribution in [0.5, 0.6) is 0 Å². The second kappa shape index (κ2) is 5.80. The van der Waals surface area contributed by atoms with Crippen LogP contribution in [-0.2, 0) is 4.84 Å². The van der Waals surface area contributed by atoms with E-state index in [9.17, 15) is 4.79 Å². The molecule has 1 rings (SSSR count). The van der Waals surface area contributed by atoms with Gasteiger partial charge in [-0.3, -0.25) is 10.2 Å². The van der Waals surface area contributed by atoms with Crippen molar-refractivity contribution in [2.45, 2.75) is 20.3 Å². The molecular formula is C12H14N2O2. The summed E-state index contributed by atoms with van der Waals surface area (Å²) in [6.07, 6.45) is 0.455. The third-order valence-electron chi connectivity index (χ3n) is 1.98. The molecular weight excluding hydrogens is 204 g/mol. The third kappa shape index (κ3) is 3.31. The number of hydrogen-bond acceptors (Lipinski definition) is 4. The monoisotopic (exact) mass is 218 g/mol. The van der Waals surface area contributed by atoms with Gasteiger partial charge in [0.25, 0.3) is 0 Å². The number of Topliss-reactive ketones (excluding diaryl/α,β-unsaturated/α-hetero) is 1. The summed E-state index contributed by atoms with van der Waals surface area (Å²) in [5.74, 6) is -0.148. The quantitative estimate of drug-likeness (QED) is 0.365. The number of benzene rings is 1. The highest BCUT2D eigenvalue weighted by molar-refractivity contribution is 6.45. The average molecular weight is 218 g/mol. The van der Waals surface area contributed by atoms with E-state index in [1.54, 1.807) is 38.1 Å². The molecule has 0 aliphatic rings. The van der Waals surface area contributed by atoms with Crippen LogP contribution < -0.4 is 0 Å². The summed E-state index contributed by atoms with van der Waals surface area (Å²) >= 11 is 0. The SMILES string of the molecule is CCC(=N)O/N=C(\C)C(=O)c1ccccc1. The van der Waals surface area contributed by atoms with Crippen molar-refractivity contribution in [2.75, 3.05) is 0 Å². The van der Waals surface area contributed by atoms with Gasteiger partial charge in [0.15, 0.2) is 0 Å². The second-order valence-electron chi connectivity index (χ2n) is 3.24. The number of carbonyl (C=O) groups is 1. The van der Waals surface area contributed by atoms with Gasteiger partial charge in [-0.1, -0.05) is 42.4 Å². The van der Waals surface area contributed by atoms with E-state index in [1.165, 1.54) is 0 Å². The molecule has 1 aromatic carbocycles. The van der Waals surface area contributed by atoms with Crippen LogP contribution in [0.3, 0.4) is 0 Å². The minimum Gasteiger partial charge on any atom is -0.342 e. The summed E-state index contributed by atoms with van der Waals surface area (Å²) in [6.45, 7) is 3.35. The van der Waals surface area contributed by atoms with Crippen LogP contribution in [0.2, 0.25) is 0 Å². The maximum absolute atomic E-state index is 11.8. The van der Waals surface area contributed by atoms with E-state index in [0.717, 1.165) is 0 Å². The zero-order valence-electron chi connectivity index (χ0n) is 9.36. The number of hydrogen-bond donors (Lipinski definition) is 1. The summed E-state index contributed by atoms with van der Waals surface area (Å²) in [5, 5.41) is 10.8. The molecule has 0 saturated heterocycles. The van der Waals surface area contributed by atoms with Gasteiger partial charge in [-0.25, -0.2) is 0 Å². The Morgan fingerprint density at radius 2 is 2.00 bits per heavy atom. The van der Waals surface area contributed by atoms with E-state index in [1.807, 2.05) is 6.07 Å². The lowest BCUT2D eigenvalue weighted by molar-refractivity contribution is 0.106. The Kier molecular flexibility index (Phi) is 4.39. The van der Waals surface area contributed by atoms with Gasteiger partial charge in [-0.05, 0) is 6.92 Å². The molecule has 0 bridgehead atoms. The molecule has 0 amide bonds. The van der Waals surface area contributed by atoms with Crippen LogP contribution in [0.25, 0.3) is 0 Å². The topological polar surface area (TPSA) is 62.5 Å². The molecule has 4 heteroatoms. The first-order valence-corrected chi connectivity index (χ1v) is 5.04. The van der Waals surface area contributed by atoms with E-state index < -0.39 is 0 Å². The molecule has 0 fully saturated rings. The third-order valence-corrected chi connectivity index (χ3v) is 1.98. The molecule has 84 valence electrons. The fourth-order valence-corrected chi connectivity index (χ4v) is 1.03. The van der Waals surface area contributed by atoms with E-state index in [0.29, 0.717) is 12.0 Å². The summed E-state index contributed by atoms with van der Waals surface area (Å²) in [6, 6.07) is 8.84. The van der Waals surface area contributed by atoms with Crippen molar-refractivity contribution in [1.82, 2.24) is 0 Å². The van der Waals surface area contributed by atoms with E-state index in [4.69, 9.17) is 10.2 Å². The number of carbonyl (C=O) groups excluding carboxylic acids is 1. The van der Waals surface area contributed by atoms with Crippen molar-refractivity contribution in [3.8, 4) is 0 Å². The lowest BCUT2D eigenvalue weighted by Gasteiger charge is -2.00. The van der Waals surface area contributed by atoms with Crippen LogP contribution in [-0.4, -0.2) is 17.4 Å². The predicted molar refractivity (Wildman–Crippen MR) is 63.0 cm³/mol. The van der Waals surface area contributed by atoms with Gasteiger partial charge in [-0.2, -0.15) is 0 Å². The maximum Gasteiger partial charge on any atom is 0.217 e. The number of ketones is 1. The highest BCUT2D eigenvalue weighted by Crippen LogP contribution is 2.02. The normalized spacial score (nSPS) is 11.0.